The van der Waals surface area contributed by atoms with Crippen molar-refractivity contribution in [2.24, 2.45) is 7.05 Å². The molecule has 3 aromatic heterocycles. The maximum Gasteiger partial charge on any atom is 0.282 e. The number of rotatable bonds is 3. The Balaban J connectivity index is 1.91. The highest BCUT2D eigenvalue weighted by atomic mass is 32.2. The maximum atomic E-state index is 12.2. The molecule has 0 saturated carbocycles. The number of nitrogens with one attached hydrogen (secondary N) is 1. The third-order valence-corrected chi connectivity index (χ3v) is 5.68. The van der Waals surface area contributed by atoms with Gasteiger partial charge in [-0.1, -0.05) is 6.07 Å². The Morgan fingerprint density at radius 1 is 1.41 bits per heavy atom. The minimum atomic E-state index is -4.00. The summed E-state index contributed by atoms with van der Waals surface area (Å²) in [5.41, 5.74) is 0.475. The molecule has 0 atom stereocenters. The van der Waals surface area contributed by atoms with Crippen molar-refractivity contribution in [1.29, 1.82) is 0 Å². The molecule has 22 heavy (non-hydrogen) atoms. The SMILES string of the molecule is Cc1cccnc1S(=O)(=O)NC(=O)c1cc2cnn(C)c2s1. The second-order valence-corrected chi connectivity index (χ2v) is 7.33. The zero-order valence-electron chi connectivity index (χ0n) is 11.8. The summed E-state index contributed by atoms with van der Waals surface area (Å²) in [6.07, 6.45) is 3.00. The summed E-state index contributed by atoms with van der Waals surface area (Å²) in [6, 6.07) is 4.87. The molecule has 3 rings (SSSR count). The number of pyridine rings is 1. The molecule has 0 aliphatic heterocycles. The molecule has 3 heterocycles. The summed E-state index contributed by atoms with van der Waals surface area (Å²) in [5.74, 6) is -0.675. The molecular formula is C13H12N4O3S2. The van der Waals surface area contributed by atoms with Gasteiger partial charge in [0.25, 0.3) is 15.9 Å². The van der Waals surface area contributed by atoms with Crippen LogP contribution < -0.4 is 4.72 Å². The molecule has 0 aliphatic carbocycles. The lowest BCUT2D eigenvalue weighted by molar-refractivity contribution is 0.0985. The molecule has 0 bridgehead atoms. The van der Waals surface area contributed by atoms with E-state index in [4.69, 9.17) is 0 Å². The highest BCUT2D eigenvalue weighted by Crippen LogP contribution is 2.25. The number of amides is 1. The van der Waals surface area contributed by atoms with Crippen LogP contribution in [-0.4, -0.2) is 29.1 Å². The average Bonchev–Trinajstić information content (AvgIpc) is 3.01. The van der Waals surface area contributed by atoms with Crippen molar-refractivity contribution in [2.75, 3.05) is 0 Å². The Hall–Kier alpha value is -2.26. The van der Waals surface area contributed by atoms with Crippen LogP contribution >= 0.6 is 11.3 Å². The zero-order valence-corrected chi connectivity index (χ0v) is 13.4. The van der Waals surface area contributed by atoms with Crippen LogP contribution in [-0.2, 0) is 17.1 Å². The van der Waals surface area contributed by atoms with Gasteiger partial charge in [-0.15, -0.1) is 11.3 Å². The van der Waals surface area contributed by atoms with Crippen LogP contribution in [0.1, 0.15) is 15.2 Å². The van der Waals surface area contributed by atoms with Gasteiger partial charge in [0.1, 0.15) is 4.83 Å². The summed E-state index contributed by atoms with van der Waals surface area (Å²) in [6.45, 7) is 1.62. The number of thiophene rings is 1. The monoisotopic (exact) mass is 336 g/mol. The third-order valence-electron chi connectivity index (χ3n) is 3.07. The molecule has 1 N–H and O–H groups in total. The van der Waals surface area contributed by atoms with Crippen molar-refractivity contribution < 1.29 is 13.2 Å². The van der Waals surface area contributed by atoms with Gasteiger partial charge in [0, 0.05) is 18.6 Å². The molecule has 0 spiro atoms. The van der Waals surface area contributed by atoms with Crippen molar-refractivity contribution in [1.82, 2.24) is 19.5 Å². The quantitative estimate of drug-likeness (QED) is 0.781. The smallest absolute Gasteiger partial charge is 0.267 e. The van der Waals surface area contributed by atoms with Gasteiger partial charge in [-0.3, -0.25) is 9.48 Å². The molecule has 0 unspecified atom stereocenters. The molecule has 1 amide bonds. The van der Waals surface area contributed by atoms with Gasteiger partial charge in [0.15, 0.2) is 5.03 Å². The number of sulfonamides is 1. The van der Waals surface area contributed by atoms with Gasteiger partial charge in [-0.2, -0.15) is 13.5 Å². The summed E-state index contributed by atoms with van der Waals surface area (Å²) in [7, 11) is -2.24. The number of carbonyl (C=O) groups is 1. The van der Waals surface area contributed by atoms with Crippen LogP contribution in [0.25, 0.3) is 10.2 Å². The van der Waals surface area contributed by atoms with E-state index in [2.05, 4.69) is 14.8 Å². The van der Waals surface area contributed by atoms with Crippen molar-refractivity contribution in [3.8, 4) is 0 Å². The Bertz CT molecular complexity index is 972. The number of carbonyl (C=O) groups excluding carboxylic acids is 1. The molecule has 114 valence electrons. The van der Waals surface area contributed by atoms with E-state index >= 15 is 0 Å². The van der Waals surface area contributed by atoms with E-state index < -0.39 is 15.9 Å². The normalized spacial score (nSPS) is 11.7. The lowest BCUT2D eigenvalue weighted by Gasteiger charge is -2.06. The van der Waals surface area contributed by atoms with E-state index in [0.29, 0.717) is 10.4 Å². The van der Waals surface area contributed by atoms with Crippen LogP contribution in [0.4, 0.5) is 0 Å². The second-order valence-electron chi connectivity index (χ2n) is 4.70. The lowest BCUT2D eigenvalue weighted by atomic mass is 10.3. The first-order valence-electron chi connectivity index (χ1n) is 6.29. The number of nitrogens with zero attached hydrogens (tertiary/aromatic N) is 3. The Kier molecular flexibility index (Phi) is 3.45. The molecule has 0 fully saturated rings. The zero-order chi connectivity index (χ0) is 15.9. The number of aryl methyl sites for hydroxylation is 2. The molecule has 0 radical (unpaired) electrons. The Morgan fingerprint density at radius 3 is 2.86 bits per heavy atom. The lowest BCUT2D eigenvalue weighted by Crippen LogP contribution is -2.31. The van der Waals surface area contributed by atoms with Crippen molar-refractivity contribution in [3.05, 3.63) is 41.0 Å². The van der Waals surface area contributed by atoms with E-state index in [-0.39, 0.29) is 5.03 Å². The van der Waals surface area contributed by atoms with E-state index in [9.17, 15) is 13.2 Å². The molecule has 3 aromatic rings. The molecule has 0 aliphatic rings. The van der Waals surface area contributed by atoms with Crippen LogP contribution in [0.15, 0.2) is 35.6 Å². The van der Waals surface area contributed by atoms with Gasteiger partial charge >= 0.3 is 0 Å². The highest BCUT2D eigenvalue weighted by Gasteiger charge is 2.23. The van der Waals surface area contributed by atoms with Gasteiger partial charge in [-0.25, -0.2) is 9.71 Å². The number of fused-ring (bicyclic) bond motifs is 1. The Morgan fingerprint density at radius 2 is 2.18 bits per heavy atom. The number of hydrogen-bond donors (Lipinski definition) is 1. The topological polar surface area (TPSA) is 93.9 Å². The largest absolute Gasteiger partial charge is 0.282 e. The van der Waals surface area contributed by atoms with Gasteiger partial charge < -0.3 is 0 Å². The first-order valence-corrected chi connectivity index (χ1v) is 8.59. The van der Waals surface area contributed by atoms with Gasteiger partial charge in [0.2, 0.25) is 0 Å². The molecule has 0 aromatic carbocycles. The maximum absolute atomic E-state index is 12.2. The fraction of sp³-hybridized carbons (Fsp3) is 0.154. The van der Waals surface area contributed by atoms with Crippen molar-refractivity contribution in [3.63, 3.8) is 0 Å². The van der Waals surface area contributed by atoms with Crippen molar-refractivity contribution >= 4 is 37.5 Å². The first kappa shape index (κ1) is 14.7. The van der Waals surface area contributed by atoms with Gasteiger partial charge in [-0.05, 0) is 24.6 Å². The van der Waals surface area contributed by atoms with E-state index in [1.807, 2.05) is 0 Å². The van der Waals surface area contributed by atoms with Crippen LogP contribution in [0.2, 0.25) is 0 Å². The van der Waals surface area contributed by atoms with E-state index in [1.54, 1.807) is 43.0 Å². The number of hydrogen-bond acceptors (Lipinski definition) is 6. The number of aromatic nitrogens is 3. The average molecular weight is 336 g/mol. The molecule has 7 nitrogen and oxygen atoms in total. The third kappa shape index (κ3) is 2.48. The molecule has 0 saturated heterocycles. The predicted molar refractivity (Wildman–Crippen MR) is 82.2 cm³/mol. The minimum absolute atomic E-state index is 0.147. The minimum Gasteiger partial charge on any atom is -0.267 e. The summed E-state index contributed by atoms with van der Waals surface area (Å²) in [4.78, 5) is 17.1. The predicted octanol–water partition coefficient (Wildman–Crippen LogP) is 1.46. The summed E-state index contributed by atoms with van der Waals surface area (Å²) < 4.78 is 28.2. The van der Waals surface area contributed by atoms with E-state index in [0.717, 1.165) is 10.2 Å². The first-order chi connectivity index (χ1) is 10.4. The Labute approximate surface area is 130 Å². The molecule has 9 heteroatoms. The summed E-state index contributed by atoms with van der Waals surface area (Å²) in [5, 5.41) is 4.71. The fourth-order valence-electron chi connectivity index (χ4n) is 2.03. The van der Waals surface area contributed by atoms with Crippen LogP contribution in [0.3, 0.4) is 0 Å². The van der Waals surface area contributed by atoms with E-state index in [1.165, 1.54) is 17.5 Å². The highest BCUT2D eigenvalue weighted by molar-refractivity contribution is 7.90. The van der Waals surface area contributed by atoms with Crippen LogP contribution in [0.5, 0.6) is 0 Å². The second kappa shape index (κ2) is 5.18. The van der Waals surface area contributed by atoms with Crippen LogP contribution in [0, 0.1) is 6.92 Å². The standard InChI is InChI=1S/C13H12N4O3S2/c1-8-4-3-5-14-12(8)22(19,20)16-11(18)10-6-9-7-15-17(2)13(9)21-10/h3-7H,1-2H3,(H,16,18). The fourth-order valence-corrected chi connectivity index (χ4v) is 4.18. The molecular weight excluding hydrogens is 324 g/mol. The summed E-state index contributed by atoms with van der Waals surface area (Å²) >= 11 is 1.18. The van der Waals surface area contributed by atoms with Crippen molar-refractivity contribution in [2.45, 2.75) is 11.9 Å². The van der Waals surface area contributed by atoms with Gasteiger partial charge in [0.05, 0.1) is 11.1 Å².